The van der Waals surface area contributed by atoms with Crippen LogP contribution in [-0.2, 0) is 0 Å². The van der Waals surface area contributed by atoms with Crippen LogP contribution in [0.25, 0.3) is 0 Å². The molecule has 0 atom stereocenters. The van der Waals surface area contributed by atoms with Gasteiger partial charge in [0.25, 0.3) is 5.91 Å². The molecule has 1 aromatic carbocycles. The highest BCUT2D eigenvalue weighted by molar-refractivity contribution is 9.10. The largest absolute Gasteiger partial charge is 0.340 e. The Balaban J connectivity index is 2.95. The van der Waals surface area contributed by atoms with Crippen LogP contribution in [0.3, 0.4) is 0 Å². The second-order valence-electron chi connectivity index (χ2n) is 3.04. The maximum Gasteiger partial charge on any atom is 0.256 e. The number of hydrogen-bond donors (Lipinski definition) is 0. The predicted molar refractivity (Wildman–Crippen MR) is 61.8 cm³/mol. The van der Waals surface area contributed by atoms with Crippen LogP contribution in [0.4, 0.5) is 4.39 Å². The zero-order valence-corrected chi connectivity index (χ0v) is 10.5. The molecule has 5 heteroatoms. The molecule has 0 aliphatic heterocycles. The molecular weight excluding hydrogens is 284 g/mol. The highest BCUT2D eigenvalue weighted by Crippen LogP contribution is 2.16. The molecule has 0 spiro atoms. The number of nitrogens with zero attached hydrogens (tertiary/aromatic N) is 1. The van der Waals surface area contributed by atoms with E-state index in [-0.39, 0.29) is 11.5 Å². The average molecular weight is 295 g/mol. The zero-order valence-electron chi connectivity index (χ0n) is 8.14. The molecule has 0 aliphatic rings. The third-order valence-corrected chi connectivity index (χ3v) is 2.59. The van der Waals surface area contributed by atoms with E-state index >= 15 is 0 Å². The molecule has 0 bridgehead atoms. The van der Waals surface area contributed by atoms with Crippen molar-refractivity contribution in [3.63, 3.8) is 0 Å². The number of halogens is 3. The van der Waals surface area contributed by atoms with Gasteiger partial charge in [0.1, 0.15) is 5.82 Å². The first-order valence-electron chi connectivity index (χ1n) is 4.32. The summed E-state index contributed by atoms with van der Waals surface area (Å²) in [5, 5.41) is 0. The van der Waals surface area contributed by atoms with Crippen molar-refractivity contribution in [3.8, 4) is 0 Å². The maximum atomic E-state index is 13.3. The average Bonchev–Trinajstić information content (AvgIpc) is 2.21. The van der Waals surface area contributed by atoms with Crippen LogP contribution in [0.2, 0.25) is 0 Å². The van der Waals surface area contributed by atoms with Crippen molar-refractivity contribution in [2.24, 2.45) is 0 Å². The van der Waals surface area contributed by atoms with Crippen LogP contribution >= 0.6 is 27.5 Å². The van der Waals surface area contributed by atoms with Crippen molar-refractivity contribution < 1.29 is 9.18 Å². The van der Waals surface area contributed by atoms with Gasteiger partial charge < -0.3 is 4.90 Å². The van der Waals surface area contributed by atoms with E-state index < -0.39 is 5.82 Å². The summed E-state index contributed by atoms with van der Waals surface area (Å²) in [5.41, 5.74) is 0.0528. The van der Waals surface area contributed by atoms with Crippen molar-refractivity contribution in [1.29, 1.82) is 0 Å². The lowest BCUT2D eigenvalue weighted by Crippen LogP contribution is -2.29. The van der Waals surface area contributed by atoms with E-state index in [1.807, 2.05) is 0 Å². The Labute approximate surface area is 101 Å². The summed E-state index contributed by atoms with van der Waals surface area (Å²) in [6.45, 7) is 0.395. The summed E-state index contributed by atoms with van der Waals surface area (Å²) < 4.78 is 14.0. The molecule has 0 N–H and O–H groups in total. The highest BCUT2D eigenvalue weighted by atomic mass is 79.9. The SMILES string of the molecule is CN(CCCl)C(=O)c1cc(Br)ccc1F. The van der Waals surface area contributed by atoms with Gasteiger partial charge in [-0.25, -0.2) is 4.39 Å². The minimum Gasteiger partial charge on any atom is -0.340 e. The van der Waals surface area contributed by atoms with Crippen molar-refractivity contribution in [2.75, 3.05) is 19.5 Å². The minimum atomic E-state index is -0.523. The topological polar surface area (TPSA) is 20.3 Å². The lowest BCUT2D eigenvalue weighted by Gasteiger charge is -2.15. The quantitative estimate of drug-likeness (QED) is 0.785. The molecule has 15 heavy (non-hydrogen) atoms. The van der Waals surface area contributed by atoms with Crippen LogP contribution < -0.4 is 0 Å². The Morgan fingerprint density at radius 1 is 1.60 bits per heavy atom. The Hall–Kier alpha value is -0.610. The summed E-state index contributed by atoms with van der Waals surface area (Å²) >= 11 is 8.69. The third kappa shape index (κ3) is 3.18. The fraction of sp³-hybridized carbons (Fsp3) is 0.300. The first-order chi connectivity index (χ1) is 7.06. The lowest BCUT2D eigenvalue weighted by molar-refractivity contribution is 0.0798. The molecule has 0 aliphatic carbocycles. The van der Waals surface area contributed by atoms with E-state index in [4.69, 9.17) is 11.6 Å². The van der Waals surface area contributed by atoms with Gasteiger partial charge in [0.2, 0.25) is 0 Å². The van der Waals surface area contributed by atoms with Crippen molar-refractivity contribution in [3.05, 3.63) is 34.1 Å². The van der Waals surface area contributed by atoms with Gasteiger partial charge in [-0.2, -0.15) is 0 Å². The van der Waals surface area contributed by atoms with Crippen LogP contribution in [0, 0.1) is 5.82 Å². The molecule has 0 radical (unpaired) electrons. The standard InChI is InChI=1S/C10H10BrClFNO/c1-14(5-4-12)10(15)8-6-7(11)2-3-9(8)13/h2-3,6H,4-5H2,1H3. The number of alkyl halides is 1. The van der Waals surface area contributed by atoms with Crippen LogP contribution in [0.15, 0.2) is 22.7 Å². The molecule has 0 fully saturated rings. The fourth-order valence-electron chi connectivity index (χ4n) is 1.10. The van der Waals surface area contributed by atoms with E-state index in [1.54, 1.807) is 13.1 Å². The van der Waals surface area contributed by atoms with Gasteiger partial charge in [-0.3, -0.25) is 4.79 Å². The molecule has 0 saturated heterocycles. The van der Waals surface area contributed by atoms with Gasteiger partial charge >= 0.3 is 0 Å². The first-order valence-corrected chi connectivity index (χ1v) is 5.65. The molecule has 82 valence electrons. The zero-order chi connectivity index (χ0) is 11.4. The van der Waals surface area contributed by atoms with Crippen molar-refractivity contribution >= 4 is 33.4 Å². The second kappa shape index (κ2) is 5.47. The molecule has 0 heterocycles. The summed E-state index contributed by atoms with van der Waals surface area (Å²) in [7, 11) is 1.59. The number of amides is 1. The van der Waals surface area contributed by atoms with Crippen LogP contribution in [-0.4, -0.2) is 30.3 Å². The highest BCUT2D eigenvalue weighted by Gasteiger charge is 2.15. The molecule has 1 aromatic rings. The number of carbonyl (C=O) groups is 1. The molecule has 0 unspecified atom stereocenters. The summed E-state index contributed by atoms with van der Waals surface area (Å²) in [6, 6.07) is 4.27. The van der Waals surface area contributed by atoms with Crippen molar-refractivity contribution in [1.82, 2.24) is 4.90 Å². The Morgan fingerprint density at radius 2 is 2.27 bits per heavy atom. The maximum absolute atomic E-state index is 13.3. The molecule has 1 amide bonds. The molecule has 1 rings (SSSR count). The first kappa shape index (κ1) is 12.5. The number of benzene rings is 1. The molecule has 0 aromatic heterocycles. The van der Waals surface area contributed by atoms with E-state index in [9.17, 15) is 9.18 Å². The van der Waals surface area contributed by atoms with Gasteiger partial charge in [0.05, 0.1) is 5.56 Å². The van der Waals surface area contributed by atoms with E-state index in [0.717, 1.165) is 0 Å². The number of carbonyl (C=O) groups excluding carboxylic acids is 1. The summed E-state index contributed by atoms with van der Waals surface area (Å²) in [6.07, 6.45) is 0. The lowest BCUT2D eigenvalue weighted by atomic mass is 10.2. The second-order valence-corrected chi connectivity index (χ2v) is 4.33. The Kier molecular flexibility index (Phi) is 4.54. The van der Waals surface area contributed by atoms with Gasteiger partial charge in [-0.15, -0.1) is 11.6 Å². The normalized spacial score (nSPS) is 10.1. The number of hydrogen-bond acceptors (Lipinski definition) is 1. The Bertz CT molecular complexity index is 372. The van der Waals surface area contributed by atoms with Crippen LogP contribution in [0.5, 0.6) is 0 Å². The van der Waals surface area contributed by atoms with Gasteiger partial charge in [0.15, 0.2) is 0 Å². The smallest absolute Gasteiger partial charge is 0.256 e. The van der Waals surface area contributed by atoms with Gasteiger partial charge in [-0.05, 0) is 18.2 Å². The van der Waals surface area contributed by atoms with E-state index in [1.165, 1.54) is 17.0 Å². The minimum absolute atomic E-state index is 0.0528. The molecule has 2 nitrogen and oxygen atoms in total. The molecule has 0 saturated carbocycles. The Morgan fingerprint density at radius 3 is 2.87 bits per heavy atom. The van der Waals surface area contributed by atoms with E-state index in [2.05, 4.69) is 15.9 Å². The van der Waals surface area contributed by atoms with E-state index in [0.29, 0.717) is 16.9 Å². The number of rotatable bonds is 3. The third-order valence-electron chi connectivity index (χ3n) is 1.93. The monoisotopic (exact) mass is 293 g/mol. The van der Waals surface area contributed by atoms with Gasteiger partial charge in [0, 0.05) is 23.9 Å². The summed E-state index contributed by atoms with van der Waals surface area (Å²) in [5.74, 6) is -0.559. The van der Waals surface area contributed by atoms with Crippen molar-refractivity contribution in [2.45, 2.75) is 0 Å². The van der Waals surface area contributed by atoms with Crippen LogP contribution in [0.1, 0.15) is 10.4 Å². The van der Waals surface area contributed by atoms with Gasteiger partial charge in [-0.1, -0.05) is 15.9 Å². The fourth-order valence-corrected chi connectivity index (χ4v) is 1.71. The molecular formula is C10H10BrClFNO. The predicted octanol–water partition coefficient (Wildman–Crippen LogP) is 2.90. The summed E-state index contributed by atoms with van der Waals surface area (Å²) in [4.78, 5) is 13.1.